The highest BCUT2D eigenvalue weighted by molar-refractivity contribution is 6.25. The highest BCUT2D eigenvalue weighted by atomic mass is 16.5. The maximum absolute atomic E-state index is 12.9. The van der Waals surface area contributed by atoms with Gasteiger partial charge in [-0.1, -0.05) is 51.5 Å². The number of hydrogen-bond donors (Lipinski definition) is 0. The van der Waals surface area contributed by atoms with Gasteiger partial charge in [-0.15, -0.1) is 0 Å². The summed E-state index contributed by atoms with van der Waals surface area (Å²) in [5.74, 6) is 0.648. The van der Waals surface area contributed by atoms with Gasteiger partial charge in [0.15, 0.2) is 0 Å². The Hall–Kier alpha value is -2.69. The Labute approximate surface area is 183 Å². The summed E-state index contributed by atoms with van der Waals surface area (Å²) in [7, 11) is 0. The average Bonchev–Trinajstić information content (AvgIpc) is 2.74. The third-order valence-electron chi connectivity index (χ3n) is 6.86. The molecule has 0 aromatic heterocycles. The second kappa shape index (κ2) is 8.81. The Kier molecular flexibility index (Phi) is 6.12. The van der Waals surface area contributed by atoms with E-state index in [1.54, 1.807) is 12.1 Å². The van der Waals surface area contributed by atoms with E-state index in [0.717, 1.165) is 23.6 Å². The summed E-state index contributed by atoms with van der Waals surface area (Å²) in [5, 5.41) is 1.61. The standard InChI is InChI=1S/C26H31NO4/c1-16(2)19-13-12-17(3)15-22(19)31-23(28)11-6-14-27-25(29)20-9-4-7-18-8-5-10-21(24(18)20)26(27)30/h4-5,7-10,16-17,19,22H,6,11-15H2,1-3H3. The third kappa shape index (κ3) is 4.23. The highest BCUT2D eigenvalue weighted by Crippen LogP contribution is 2.35. The number of amides is 2. The van der Waals surface area contributed by atoms with Gasteiger partial charge in [0, 0.05) is 29.5 Å². The predicted octanol–water partition coefficient (Wildman–Crippen LogP) is 5.22. The van der Waals surface area contributed by atoms with Crippen LogP contribution in [0, 0.1) is 17.8 Å². The fourth-order valence-corrected chi connectivity index (χ4v) is 5.14. The van der Waals surface area contributed by atoms with Crippen LogP contribution in [0.25, 0.3) is 10.8 Å². The molecule has 3 atom stereocenters. The number of imide groups is 1. The second-order valence-corrected chi connectivity index (χ2v) is 9.43. The molecule has 0 bridgehead atoms. The Morgan fingerprint density at radius 3 is 2.32 bits per heavy atom. The number of esters is 1. The Morgan fingerprint density at radius 1 is 1.06 bits per heavy atom. The van der Waals surface area contributed by atoms with Gasteiger partial charge in [-0.25, -0.2) is 0 Å². The van der Waals surface area contributed by atoms with Crippen molar-refractivity contribution in [1.82, 2.24) is 4.90 Å². The van der Waals surface area contributed by atoms with Crippen molar-refractivity contribution in [3.63, 3.8) is 0 Å². The van der Waals surface area contributed by atoms with Crippen LogP contribution in [0.5, 0.6) is 0 Å². The Morgan fingerprint density at radius 2 is 1.71 bits per heavy atom. The van der Waals surface area contributed by atoms with Crippen LogP contribution in [-0.2, 0) is 9.53 Å². The fraction of sp³-hybridized carbons (Fsp3) is 0.500. The average molecular weight is 422 g/mol. The summed E-state index contributed by atoms with van der Waals surface area (Å²) < 4.78 is 5.85. The van der Waals surface area contributed by atoms with Crippen LogP contribution in [-0.4, -0.2) is 35.3 Å². The van der Waals surface area contributed by atoms with Crippen LogP contribution < -0.4 is 0 Å². The molecule has 164 valence electrons. The van der Waals surface area contributed by atoms with E-state index in [0.29, 0.717) is 35.3 Å². The lowest BCUT2D eigenvalue weighted by Gasteiger charge is -2.36. The number of hydrogen-bond acceptors (Lipinski definition) is 4. The lowest BCUT2D eigenvalue weighted by atomic mass is 9.75. The zero-order valence-corrected chi connectivity index (χ0v) is 18.6. The normalized spacial score (nSPS) is 23.5. The molecular weight excluding hydrogens is 390 g/mol. The zero-order valence-electron chi connectivity index (χ0n) is 18.6. The number of rotatable bonds is 6. The van der Waals surface area contributed by atoms with Crippen LogP contribution in [0.1, 0.15) is 73.6 Å². The topological polar surface area (TPSA) is 63.7 Å². The van der Waals surface area contributed by atoms with E-state index in [1.807, 2.05) is 24.3 Å². The van der Waals surface area contributed by atoms with Gasteiger partial charge in [-0.2, -0.15) is 0 Å². The molecule has 2 aromatic rings. The lowest BCUT2D eigenvalue weighted by Crippen LogP contribution is -2.41. The van der Waals surface area contributed by atoms with Crippen molar-refractivity contribution in [1.29, 1.82) is 0 Å². The van der Waals surface area contributed by atoms with E-state index in [1.165, 1.54) is 11.3 Å². The molecule has 1 aliphatic heterocycles. The molecule has 0 radical (unpaired) electrons. The minimum Gasteiger partial charge on any atom is -0.462 e. The Bertz CT molecular complexity index is 961. The molecule has 1 aliphatic carbocycles. The van der Waals surface area contributed by atoms with Gasteiger partial charge in [-0.05, 0) is 54.5 Å². The lowest BCUT2D eigenvalue weighted by molar-refractivity contribution is -0.156. The minimum absolute atomic E-state index is 0.0287. The molecule has 2 amide bonds. The molecule has 5 nitrogen and oxygen atoms in total. The quantitative estimate of drug-likeness (QED) is 0.474. The maximum atomic E-state index is 12.9. The monoisotopic (exact) mass is 421 g/mol. The fourth-order valence-electron chi connectivity index (χ4n) is 5.14. The molecule has 0 spiro atoms. The van der Waals surface area contributed by atoms with Crippen molar-refractivity contribution >= 4 is 28.6 Å². The first-order valence-electron chi connectivity index (χ1n) is 11.4. The van der Waals surface area contributed by atoms with Gasteiger partial charge in [0.2, 0.25) is 0 Å². The summed E-state index contributed by atoms with van der Waals surface area (Å²) in [4.78, 5) is 39.7. The van der Waals surface area contributed by atoms with E-state index in [9.17, 15) is 14.4 Å². The predicted molar refractivity (Wildman–Crippen MR) is 120 cm³/mol. The van der Waals surface area contributed by atoms with Crippen LogP contribution in [0.4, 0.5) is 0 Å². The highest BCUT2D eigenvalue weighted by Gasteiger charge is 2.34. The number of benzene rings is 2. The van der Waals surface area contributed by atoms with Crippen molar-refractivity contribution in [2.24, 2.45) is 17.8 Å². The first kappa shape index (κ1) is 21.5. The van der Waals surface area contributed by atoms with Crippen molar-refractivity contribution in [2.75, 3.05) is 6.54 Å². The molecule has 0 N–H and O–H groups in total. The molecular formula is C26H31NO4. The van der Waals surface area contributed by atoms with Crippen LogP contribution in [0.2, 0.25) is 0 Å². The van der Waals surface area contributed by atoms with Gasteiger partial charge >= 0.3 is 5.97 Å². The number of carbonyl (C=O) groups excluding carboxylic acids is 3. The molecule has 4 rings (SSSR count). The summed E-state index contributed by atoms with van der Waals surface area (Å²) in [6.45, 7) is 6.80. The number of ether oxygens (including phenoxy) is 1. The first-order chi connectivity index (χ1) is 14.9. The van der Waals surface area contributed by atoms with Gasteiger partial charge in [-0.3, -0.25) is 19.3 Å². The van der Waals surface area contributed by atoms with Crippen molar-refractivity contribution < 1.29 is 19.1 Å². The van der Waals surface area contributed by atoms with Crippen LogP contribution in [0.15, 0.2) is 36.4 Å². The van der Waals surface area contributed by atoms with Gasteiger partial charge in [0.25, 0.3) is 11.8 Å². The molecule has 31 heavy (non-hydrogen) atoms. The molecule has 1 saturated carbocycles. The van der Waals surface area contributed by atoms with Gasteiger partial charge < -0.3 is 4.74 Å². The summed E-state index contributed by atoms with van der Waals surface area (Å²) in [6.07, 6.45) is 3.78. The molecule has 1 fully saturated rings. The molecule has 2 aliphatic rings. The summed E-state index contributed by atoms with van der Waals surface area (Å²) in [6, 6.07) is 11.0. The zero-order chi connectivity index (χ0) is 22.1. The van der Waals surface area contributed by atoms with Crippen molar-refractivity contribution in [2.45, 2.75) is 59.0 Å². The first-order valence-corrected chi connectivity index (χ1v) is 11.4. The maximum Gasteiger partial charge on any atom is 0.306 e. The minimum atomic E-state index is -0.288. The Balaban J connectivity index is 1.38. The van der Waals surface area contributed by atoms with Crippen molar-refractivity contribution in [3.8, 4) is 0 Å². The molecule has 0 saturated heterocycles. The summed E-state index contributed by atoms with van der Waals surface area (Å²) in [5.41, 5.74) is 1.09. The van der Waals surface area contributed by atoms with E-state index in [4.69, 9.17) is 4.74 Å². The molecule has 2 aromatic carbocycles. The van der Waals surface area contributed by atoms with E-state index in [2.05, 4.69) is 20.8 Å². The molecule has 3 unspecified atom stereocenters. The smallest absolute Gasteiger partial charge is 0.306 e. The number of nitrogens with zero attached hydrogens (tertiary/aromatic N) is 1. The molecule has 5 heteroatoms. The van der Waals surface area contributed by atoms with Crippen molar-refractivity contribution in [3.05, 3.63) is 47.5 Å². The second-order valence-electron chi connectivity index (χ2n) is 9.43. The van der Waals surface area contributed by atoms with Gasteiger partial charge in [0.1, 0.15) is 6.10 Å². The molecule has 1 heterocycles. The third-order valence-corrected chi connectivity index (χ3v) is 6.86. The van der Waals surface area contributed by atoms with E-state index < -0.39 is 0 Å². The van der Waals surface area contributed by atoms with Crippen LogP contribution in [0.3, 0.4) is 0 Å². The van der Waals surface area contributed by atoms with Crippen LogP contribution >= 0.6 is 0 Å². The summed E-state index contributed by atoms with van der Waals surface area (Å²) >= 11 is 0. The largest absolute Gasteiger partial charge is 0.462 e. The van der Waals surface area contributed by atoms with E-state index >= 15 is 0 Å². The van der Waals surface area contributed by atoms with E-state index in [-0.39, 0.29) is 36.9 Å². The SMILES string of the molecule is CC1CCC(C(C)C)C(OC(=O)CCCN2C(=O)c3cccc4cccc(c34)C2=O)C1. The van der Waals surface area contributed by atoms with Gasteiger partial charge in [0.05, 0.1) is 0 Å². The number of carbonyl (C=O) groups is 3.